The fraction of sp³-hybridized carbons (Fsp3) is 0.182. The number of hydrogen-bond donors (Lipinski definition) is 1. The molecular formula is C22H21ClN4O4S. The number of primary amides is 1. The third kappa shape index (κ3) is 3.96. The van der Waals surface area contributed by atoms with Crippen molar-refractivity contribution in [3.63, 3.8) is 0 Å². The van der Waals surface area contributed by atoms with Gasteiger partial charge in [-0.05, 0) is 49.7 Å². The van der Waals surface area contributed by atoms with Crippen molar-refractivity contribution >= 4 is 38.7 Å². The summed E-state index contributed by atoms with van der Waals surface area (Å²) < 4.78 is 33.4. The Labute approximate surface area is 190 Å². The zero-order chi connectivity index (χ0) is 23.2. The summed E-state index contributed by atoms with van der Waals surface area (Å²) in [5, 5.41) is 6.17. The normalized spacial score (nSPS) is 11.8. The van der Waals surface area contributed by atoms with E-state index in [1.165, 1.54) is 6.07 Å². The quantitative estimate of drug-likeness (QED) is 0.441. The van der Waals surface area contributed by atoms with Crippen molar-refractivity contribution in [1.82, 2.24) is 14.3 Å². The number of fused-ring (bicyclic) bond motifs is 1. The van der Waals surface area contributed by atoms with Crippen molar-refractivity contribution in [1.29, 1.82) is 0 Å². The molecule has 0 aliphatic carbocycles. The van der Waals surface area contributed by atoms with E-state index < -0.39 is 16.2 Å². The van der Waals surface area contributed by atoms with Gasteiger partial charge in [0.15, 0.2) is 0 Å². The predicted octanol–water partition coefficient (Wildman–Crippen LogP) is 4.01. The fourth-order valence-corrected chi connectivity index (χ4v) is 5.10. The van der Waals surface area contributed by atoms with Gasteiger partial charge in [0, 0.05) is 35.6 Å². The first-order valence-electron chi connectivity index (χ1n) is 9.70. The van der Waals surface area contributed by atoms with E-state index in [9.17, 15) is 13.2 Å². The number of nitrogens with two attached hydrogens (primary N) is 1. The molecule has 2 N–H and O–H groups in total. The molecule has 10 heteroatoms. The van der Waals surface area contributed by atoms with E-state index >= 15 is 0 Å². The molecule has 0 unspecified atom stereocenters. The Bertz CT molecular complexity index is 1470. The third-order valence-corrected chi connectivity index (χ3v) is 6.79. The first kappa shape index (κ1) is 21.9. The van der Waals surface area contributed by atoms with E-state index in [0.29, 0.717) is 10.6 Å². The van der Waals surface area contributed by atoms with Crippen LogP contribution in [-0.4, -0.2) is 28.9 Å². The maximum absolute atomic E-state index is 12.6. The first-order chi connectivity index (χ1) is 15.1. The highest BCUT2D eigenvalue weighted by Gasteiger charge is 2.25. The molecule has 0 atom stereocenters. The van der Waals surface area contributed by atoms with Crippen LogP contribution in [0.5, 0.6) is 0 Å². The lowest BCUT2D eigenvalue weighted by molar-refractivity contribution is 0.212. The van der Waals surface area contributed by atoms with Crippen molar-refractivity contribution in [2.24, 2.45) is 12.8 Å². The number of halogens is 1. The van der Waals surface area contributed by atoms with Gasteiger partial charge in [0.05, 0.1) is 11.2 Å². The highest BCUT2D eigenvalue weighted by Crippen LogP contribution is 2.30. The summed E-state index contributed by atoms with van der Waals surface area (Å²) in [5.41, 5.74) is 8.82. The molecule has 0 spiro atoms. The van der Waals surface area contributed by atoms with Crippen LogP contribution in [0, 0.1) is 13.8 Å². The molecule has 0 radical (unpaired) electrons. The van der Waals surface area contributed by atoms with Gasteiger partial charge in [-0.2, -0.15) is 13.5 Å². The second-order valence-electron chi connectivity index (χ2n) is 7.54. The molecule has 0 saturated heterocycles. The highest BCUT2D eigenvalue weighted by atomic mass is 35.5. The summed E-state index contributed by atoms with van der Waals surface area (Å²) in [6, 6.07) is 12.4. The van der Waals surface area contributed by atoms with Crippen LogP contribution < -0.4 is 5.73 Å². The van der Waals surface area contributed by atoms with Gasteiger partial charge in [-0.25, -0.2) is 4.79 Å². The summed E-state index contributed by atoms with van der Waals surface area (Å²) in [5.74, 6) is 0.792. The van der Waals surface area contributed by atoms with Crippen molar-refractivity contribution in [2.45, 2.75) is 25.2 Å². The average molecular weight is 473 g/mol. The number of aromatic nitrogens is 3. The monoisotopic (exact) mass is 472 g/mol. The van der Waals surface area contributed by atoms with Crippen LogP contribution in [-0.2, 0) is 27.8 Å². The van der Waals surface area contributed by atoms with Gasteiger partial charge in [0.2, 0.25) is 0 Å². The highest BCUT2D eigenvalue weighted by molar-refractivity contribution is 7.87. The Morgan fingerprint density at radius 3 is 2.62 bits per heavy atom. The smallest absolute Gasteiger partial charge is 0.334 e. The summed E-state index contributed by atoms with van der Waals surface area (Å²) in [4.78, 5) is 11.0. The summed E-state index contributed by atoms with van der Waals surface area (Å²) in [7, 11) is -2.53. The van der Waals surface area contributed by atoms with Crippen LogP contribution in [0.4, 0.5) is 4.79 Å². The SMILES string of the molecule is Cc1ccc(S(=O)(=O)OC(N)=O)c(Cc2c(C)nn(C)c2-n2ccc3cc(Cl)ccc32)c1. The van der Waals surface area contributed by atoms with Crippen molar-refractivity contribution in [2.75, 3.05) is 0 Å². The summed E-state index contributed by atoms with van der Waals surface area (Å²) >= 11 is 6.13. The third-order valence-electron chi connectivity index (χ3n) is 5.24. The molecule has 0 aliphatic heterocycles. The predicted molar refractivity (Wildman–Crippen MR) is 122 cm³/mol. The molecule has 0 bridgehead atoms. The Morgan fingerprint density at radius 2 is 1.91 bits per heavy atom. The van der Waals surface area contributed by atoms with E-state index in [0.717, 1.165) is 33.5 Å². The second kappa shape index (κ2) is 7.99. The standard InChI is InChI=1S/C22H21ClN4O4S/c1-13-4-7-20(32(29,30)31-22(24)28)16(10-13)12-18-14(2)25-26(3)21(18)27-9-8-15-11-17(23)5-6-19(15)27/h4-11H,12H2,1-3H3,(H2,24,28). The molecular weight excluding hydrogens is 452 g/mol. The van der Waals surface area contributed by atoms with Gasteiger partial charge in [0.1, 0.15) is 10.7 Å². The number of nitrogens with zero attached hydrogens (tertiary/aromatic N) is 3. The molecule has 0 fully saturated rings. The number of aryl methyl sites for hydroxylation is 3. The van der Waals surface area contributed by atoms with Crippen LogP contribution >= 0.6 is 11.6 Å². The molecule has 4 aromatic rings. The van der Waals surface area contributed by atoms with E-state index in [1.807, 2.05) is 55.9 Å². The molecule has 166 valence electrons. The van der Waals surface area contributed by atoms with Gasteiger partial charge >= 0.3 is 16.2 Å². The molecule has 32 heavy (non-hydrogen) atoms. The van der Waals surface area contributed by atoms with Crippen LogP contribution in [0.15, 0.2) is 53.6 Å². The maximum atomic E-state index is 12.6. The Kier molecular flexibility index (Phi) is 5.47. The molecule has 2 aromatic carbocycles. The molecule has 2 aromatic heterocycles. The summed E-state index contributed by atoms with van der Waals surface area (Å²) in [6.45, 7) is 3.72. The molecule has 1 amide bonds. The Morgan fingerprint density at radius 1 is 1.16 bits per heavy atom. The number of carbonyl (C=O) groups excluding carboxylic acids is 1. The van der Waals surface area contributed by atoms with Gasteiger partial charge in [0.25, 0.3) is 0 Å². The van der Waals surface area contributed by atoms with Crippen molar-refractivity contribution in [3.8, 4) is 5.82 Å². The number of carbonyl (C=O) groups is 1. The minimum atomic E-state index is -4.36. The zero-order valence-electron chi connectivity index (χ0n) is 17.7. The van der Waals surface area contributed by atoms with Crippen molar-refractivity contribution in [3.05, 3.63) is 76.1 Å². The minimum Gasteiger partial charge on any atom is -0.334 e. The number of rotatable bonds is 5. The van der Waals surface area contributed by atoms with E-state index in [-0.39, 0.29) is 11.3 Å². The lowest BCUT2D eigenvalue weighted by atomic mass is 10.0. The number of benzene rings is 2. The molecule has 8 nitrogen and oxygen atoms in total. The second-order valence-corrected chi connectivity index (χ2v) is 9.50. The fourth-order valence-electron chi connectivity index (χ4n) is 3.93. The molecule has 0 saturated carbocycles. The van der Waals surface area contributed by atoms with Gasteiger partial charge in [-0.15, -0.1) is 0 Å². The Hall–Kier alpha value is -3.30. The topological polar surface area (TPSA) is 109 Å². The average Bonchev–Trinajstić information content (AvgIpc) is 3.20. The zero-order valence-corrected chi connectivity index (χ0v) is 19.2. The van der Waals surface area contributed by atoms with Crippen LogP contribution in [0.3, 0.4) is 0 Å². The first-order valence-corrected chi connectivity index (χ1v) is 11.5. The van der Waals surface area contributed by atoms with E-state index in [1.54, 1.807) is 16.8 Å². The number of hydrogen-bond acceptors (Lipinski definition) is 5. The summed E-state index contributed by atoms with van der Waals surface area (Å²) in [6.07, 6.45) is 0.790. The Balaban J connectivity index is 1.87. The minimum absolute atomic E-state index is 0.111. The van der Waals surface area contributed by atoms with Gasteiger partial charge in [-0.1, -0.05) is 29.3 Å². The molecule has 2 heterocycles. The van der Waals surface area contributed by atoms with Crippen LogP contribution in [0.1, 0.15) is 22.4 Å². The largest absolute Gasteiger partial charge is 0.420 e. The van der Waals surface area contributed by atoms with Gasteiger partial charge in [-0.3, -0.25) is 4.68 Å². The lowest BCUT2D eigenvalue weighted by Gasteiger charge is -2.13. The molecule has 0 aliphatic rings. The maximum Gasteiger partial charge on any atom is 0.420 e. The van der Waals surface area contributed by atoms with Gasteiger partial charge < -0.3 is 14.5 Å². The molecule has 4 rings (SSSR count). The van der Waals surface area contributed by atoms with E-state index in [2.05, 4.69) is 9.28 Å². The van der Waals surface area contributed by atoms with E-state index in [4.69, 9.17) is 17.3 Å². The van der Waals surface area contributed by atoms with Crippen LogP contribution in [0.25, 0.3) is 16.7 Å². The lowest BCUT2D eigenvalue weighted by Crippen LogP contribution is -2.20. The van der Waals surface area contributed by atoms with Crippen LogP contribution in [0.2, 0.25) is 5.02 Å². The van der Waals surface area contributed by atoms with Crippen molar-refractivity contribution < 1.29 is 17.4 Å². The number of amides is 1.